The Morgan fingerprint density at radius 3 is 2.71 bits per heavy atom. The lowest BCUT2D eigenvalue weighted by molar-refractivity contribution is -0.133. The average Bonchev–Trinajstić information content (AvgIpc) is 2.26. The van der Waals surface area contributed by atoms with Crippen molar-refractivity contribution in [3.05, 3.63) is 17.6 Å². The quantitative estimate of drug-likeness (QED) is 0.624. The van der Waals surface area contributed by atoms with Crippen LogP contribution >= 0.6 is 11.8 Å². The molecular formula is C12H18N2O2S. The number of hydrogen-bond acceptors (Lipinski definition) is 4. The number of carboxylic acid groups (broad SMARTS) is 1. The highest BCUT2D eigenvalue weighted by Crippen LogP contribution is 2.20. The van der Waals surface area contributed by atoms with E-state index in [1.54, 1.807) is 0 Å². The summed E-state index contributed by atoms with van der Waals surface area (Å²) in [6, 6.07) is 1.89. The van der Waals surface area contributed by atoms with Crippen LogP contribution < -0.4 is 0 Å². The zero-order valence-corrected chi connectivity index (χ0v) is 11.3. The number of aryl methyl sites for hydroxylation is 1. The zero-order chi connectivity index (χ0) is 12.8. The van der Waals surface area contributed by atoms with Crippen LogP contribution in [-0.4, -0.2) is 26.8 Å². The Morgan fingerprint density at radius 1 is 1.47 bits per heavy atom. The molecule has 0 saturated carbocycles. The van der Waals surface area contributed by atoms with Gasteiger partial charge in [-0.1, -0.05) is 39.0 Å². The molecule has 0 atom stereocenters. The van der Waals surface area contributed by atoms with E-state index in [-0.39, 0.29) is 11.7 Å². The molecule has 0 amide bonds. The molecule has 0 aromatic carbocycles. The first-order valence-electron chi connectivity index (χ1n) is 5.75. The Bertz CT molecular complexity index is 394. The van der Waals surface area contributed by atoms with Crippen molar-refractivity contribution in [2.24, 2.45) is 0 Å². The highest BCUT2D eigenvalue weighted by atomic mass is 32.2. The van der Waals surface area contributed by atoms with E-state index < -0.39 is 5.97 Å². The summed E-state index contributed by atoms with van der Waals surface area (Å²) < 4.78 is 0. The molecule has 0 radical (unpaired) electrons. The third kappa shape index (κ3) is 4.73. The van der Waals surface area contributed by atoms with Crippen molar-refractivity contribution in [2.75, 3.05) is 5.75 Å². The van der Waals surface area contributed by atoms with Gasteiger partial charge in [0.15, 0.2) is 0 Å². The van der Waals surface area contributed by atoms with E-state index in [0.29, 0.717) is 0 Å². The fourth-order valence-electron chi connectivity index (χ4n) is 1.34. The number of carbonyl (C=O) groups is 1. The van der Waals surface area contributed by atoms with E-state index in [0.717, 1.165) is 29.4 Å². The molecular weight excluding hydrogens is 236 g/mol. The van der Waals surface area contributed by atoms with Gasteiger partial charge in [0.2, 0.25) is 0 Å². The fourth-order valence-corrected chi connectivity index (χ4v) is 1.99. The lowest BCUT2D eigenvalue weighted by Gasteiger charge is -2.08. The van der Waals surface area contributed by atoms with Gasteiger partial charge in [-0.15, -0.1) is 0 Å². The van der Waals surface area contributed by atoms with Crippen molar-refractivity contribution in [2.45, 2.75) is 44.6 Å². The SMILES string of the molecule is CCCc1cc(SCC(=O)O)nc(C(C)C)n1. The molecule has 1 aromatic rings. The highest BCUT2D eigenvalue weighted by molar-refractivity contribution is 7.99. The summed E-state index contributed by atoms with van der Waals surface area (Å²) in [6.07, 6.45) is 1.93. The summed E-state index contributed by atoms with van der Waals surface area (Å²) in [5.74, 6) is 0.275. The summed E-state index contributed by atoms with van der Waals surface area (Å²) in [5.41, 5.74) is 0.999. The Hall–Kier alpha value is -1.10. The second-order valence-corrected chi connectivity index (χ2v) is 5.14. The number of rotatable bonds is 6. The van der Waals surface area contributed by atoms with Gasteiger partial charge >= 0.3 is 5.97 Å². The van der Waals surface area contributed by atoms with Gasteiger partial charge in [-0.05, 0) is 12.5 Å². The first-order chi connectivity index (χ1) is 8.02. The van der Waals surface area contributed by atoms with Gasteiger partial charge in [0.05, 0.1) is 5.75 Å². The van der Waals surface area contributed by atoms with Crippen molar-refractivity contribution < 1.29 is 9.90 Å². The third-order valence-corrected chi connectivity index (χ3v) is 3.04. The molecule has 1 N–H and O–H groups in total. The van der Waals surface area contributed by atoms with E-state index >= 15 is 0 Å². The molecule has 17 heavy (non-hydrogen) atoms. The van der Waals surface area contributed by atoms with Gasteiger partial charge in [0, 0.05) is 11.6 Å². The highest BCUT2D eigenvalue weighted by Gasteiger charge is 2.09. The predicted octanol–water partition coefficient (Wildman–Crippen LogP) is 2.73. The maximum absolute atomic E-state index is 10.5. The number of nitrogens with zero attached hydrogens (tertiary/aromatic N) is 2. The Morgan fingerprint density at radius 2 is 2.18 bits per heavy atom. The Balaban J connectivity index is 2.90. The second kappa shape index (κ2) is 6.59. The van der Waals surface area contributed by atoms with Crippen LogP contribution in [0, 0.1) is 0 Å². The van der Waals surface area contributed by atoms with Crippen LogP contribution in [-0.2, 0) is 11.2 Å². The van der Waals surface area contributed by atoms with E-state index in [2.05, 4.69) is 16.9 Å². The minimum Gasteiger partial charge on any atom is -0.481 e. The average molecular weight is 254 g/mol. The van der Waals surface area contributed by atoms with Crippen molar-refractivity contribution in [3.63, 3.8) is 0 Å². The van der Waals surface area contributed by atoms with Gasteiger partial charge in [-0.3, -0.25) is 4.79 Å². The number of hydrogen-bond donors (Lipinski definition) is 1. The van der Waals surface area contributed by atoms with Crippen LogP contribution in [0.3, 0.4) is 0 Å². The van der Waals surface area contributed by atoms with Gasteiger partial charge < -0.3 is 5.11 Å². The molecule has 1 rings (SSSR count). The molecule has 0 aliphatic heterocycles. The lowest BCUT2D eigenvalue weighted by atomic mass is 10.2. The van der Waals surface area contributed by atoms with Crippen LogP contribution in [0.4, 0.5) is 0 Å². The summed E-state index contributed by atoms with van der Waals surface area (Å²) in [7, 11) is 0. The molecule has 5 heteroatoms. The Labute approximate surface area is 106 Å². The molecule has 1 heterocycles. The Kier molecular flexibility index (Phi) is 5.41. The lowest BCUT2D eigenvalue weighted by Crippen LogP contribution is -2.04. The van der Waals surface area contributed by atoms with Crippen LogP contribution in [0.15, 0.2) is 11.1 Å². The van der Waals surface area contributed by atoms with Crippen molar-refractivity contribution >= 4 is 17.7 Å². The molecule has 0 saturated heterocycles. The number of thioether (sulfide) groups is 1. The topological polar surface area (TPSA) is 63.1 Å². The monoisotopic (exact) mass is 254 g/mol. The summed E-state index contributed by atoms with van der Waals surface area (Å²) in [5, 5.41) is 9.42. The van der Waals surface area contributed by atoms with Gasteiger partial charge in [-0.2, -0.15) is 0 Å². The fraction of sp³-hybridized carbons (Fsp3) is 0.583. The van der Waals surface area contributed by atoms with Gasteiger partial charge in [0.25, 0.3) is 0 Å². The van der Waals surface area contributed by atoms with Crippen molar-refractivity contribution in [1.82, 2.24) is 9.97 Å². The van der Waals surface area contributed by atoms with E-state index in [9.17, 15) is 4.79 Å². The van der Waals surface area contributed by atoms with E-state index in [4.69, 9.17) is 5.11 Å². The molecule has 0 bridgehead atoms. The molecule has 4 nitrogen and oxygen atoms in total. The van der Waals surface area contributed by atoms with Crippen LogP contribution in [0.25, 0.3) is 0 Å². The maximum Gasteiger partial charge on any atom is 0.313 e. The smallest absolute Gasteiger partial charge is 0.313 e. The summed E-state index contributed by atoms with van der Waals surface area (Å²) in [6.45, 7) is 6.18. The maximum atomic E-state index is 10.5. The second-order valence-electron chi connectivity index (χ2n) is 4.14. The minimum atomic E-state index is -0.822. The standard InChI is InChI=1S/C12H18N2O2S/c1-4-5-9-6-10(17-7-11(15)16)14-12(13-9)8(2)3/h6,8H,4-5,7H2,1-3H3,(H,15,16). The van der Waals surface area contributed by atoms with Gasteiger partial charge in [0.1, 0.15) is 10.9 Å². The molecule has 0 fully saturated rings. The summed E-state index contributed by atoms with van der Waals surface area (Å²) in [4.78, 5) is 19.4. The first-order valence-corrected chi connectivity index (χ1v) is 6.74. The first kappa shape index (κ1) is 14.0. The third-order valence-electron chi connectivity index (χ3n) is 2.14. The number of carboxylic acids is 1. The number of aliphatic carboxylic acids is 1. The largest absolute Gasteiger partial charge is 0.481 e. The summed E-state index contributed by atoms with van der Waals surface area (Å²) >= 11 is 1.25. The minimum absolute atomic E-state index is 0.0418. The number of aromatic nitrogens is 2. The molecule has 0 aliphatic rings. The molecule has 0 unspecified atom stereocenters. The van der Waals surface area contributed by atoms with Crippen molar-refractivity contribution in [3.8, 4) is 0 Å². The van der Waals surface area contributed by atoms with Crippen molar-refractivity contribution in [1.29, 1.82) is 0 Å². The molecule has 1 aromatic heterocycles. The van der Waals surface area contributed by atoms with Crippen LogP contribution in [0.1, 0.15) is 44.6 Å². The zero-order valence-electron chi connectivity index (χ0n) is 10.4. The van der Waals surface area contributed by atoms with E-state index in [1.807, 2.05) is 19.9 Å². The van der Waals surface area contributed by atoms with Crippen LogP contribution in [0.2, 0.25) is 0 Å². The predicted molar refractivity (Wildman–Crippen MR) is 68.5 cm³/mol. The van der Waals surface area contributed by atoms with Crippen LogP contribution in [0.5, 0.6) is 0 Å². The molecule has 0 aliphatic carbocycles. The normalized spacial score (nSPS) is 10.8. The molecule has 94 valence electrons. The van der Waals surface area contributed by atoms with Gasteiger partial charge in [-0.25, -0.2) is 9.97 Å². The molecule has 0 spiro atoms. The van der Waals surface area contributed by atoms with E-state index in [1.165, 1.54) is 11.8 Å².